The number of rotatable bonds is 6. The summed E-state index contributed by atoms with van der Waals surface area (Å²) < 4.78 is 15.2. The van der Waals surface area contributed by atoms with E-state index in [4.69, 9.17) is 9.79 Å². The predicted octanol–water partition coefficient (Wildman–Crippen LogP) is 0.402. The van der Waals surface area contributed by atoms with Crippen molar-refractivity contribution >= 4 is 19.6 Å². The topological polar surface area (TPSA) is 129 Å². The second kappa shape index (κ2) is 8.53. The highest BCUT2D eigenvalue weighted by Crippen LogP contribution is 2.36. The largest absolute Gasteiger partial charge is 0.469 e. The van der Waals surface area contributed by atoms with Crippen LogP contribution in [-0.4, -0.2) is 57.2 Å². The monoisotopic (exact) mass is 371 g/mol. The van der Waals surface area contributed by atoms with Gasteiger partial charge in [0.05, 0.1) is 6.61 Å². The molecule has 0 aliphatic carbocycles. The number of phosphoric acid groups is 1. The van der Waals surface area contributed by atoms with Gasteiger partial charge in [-0.2, -0.15) is 0 Å². The smallest absolute Gasteiger partial charge is 0.343 e. The van der Waals surface area contributed by atoms with Crippen LogP contribution >= 0.6 is 7.82 Å². The first-order valence-electron chi connectivity index (χ1n) is 7.92. The van der Waals surface area contributed by atoms with Crippen LogP contribution in [0.15, 0.2) is 24.5 Å². The van der Waals surface area contributed by atoms with E-state index in [2.05, 4.69) is 14.8 Å². The minimum absolute atomic E-state index is 0.309. The zero-order valence-corrected chi connectivity index (χ0v) is 14.8. The van der Waals surface area contributed by atoms with E-state index in [1.54, 1.807) is 11.1 Å². The Labute approximate surface area is 145 Å². The van der Waals surface area contributed by atoms with Gasteiger partial charge in [0.25, 0.3) is 0 Å². The molecular weight excluding hydrogens is 349 g/mol. The van der Waals surface area contributed by atoms with Crippen LogP contribution in [0.4, 0.5) is 0 Å². The average Bonchev–Trinajstić information content (AvgIpc) is 2.58. The number of amides is 2. The van der Waals surface area contributed by atoms with Crippen molar-refractivity contribution in [3.8, 4) is 0 Å². The molecule has 0 aromatic carbocycles. The molecule has 1 aromatic rings. The molecule has 10 heteroatoms. The number of nitrogens with zero attached hydrogens (tertiary/aromatic N) is 2. The third-order valence-electron chi connectivity index (χ3n) is 4.05. The van der Waals surface area contributed by atoms with Crippen molar-refractivity contribution in [1.29, 1.82) is 0 Å². The Balaban J connectivity index is 1.95. The first kappa shape index (κ1) is 19.5. The Hall–Kier alpha value is -1.80. The van der Waals surface area contributed by atoms with Crippen LogP contribution in [0.25, 0.3) is 0 Å². The van der Waals surface area contributed by atoms with E-state index >= 15 is 0 Å². The average molecular weight is 371 g/mol. The highest BCUT2D eigenvalue weighted by atomic mass is 31.2. The molecule has 0 spiro atoms. The van der Waals surface area contributed by atoms with Gasteiger partial charge in [-0.05, 0) is 30.4 Å². The molecule has 138 valence electrons. The number of phosphoric ester groups is 1. The quantitative estimate of drug-likeness (QED) is 0.617. The number of hydrogen-bond donors (Lipinski definition) is 3. The van der Waals surface area contributed by atoms with Gasteiger partial charge in [-0.15, -0.1) is 0 Å². The molecule has 2 rings (SSSR count). The Morgan fingerprint density at radius 3 is 2.64 bits per heavy atom. The van der Waals surface area contributed by atoms with E-state index in [-0.39, 0.29) is 0 Å². The molecule has 1 saturated heterocycles. The summed E-state index contributed by atoms with van der Waals surface area (Å²) in [5.41, 5.74) is 1.12. The minimum atomic E-state index is -4.72. The predicted molar refractivity (Wildman–Crippen MR) is 88.4 cm³/mol. The lowest BCUT2D eigenvalue weighted by Gasteiger charge is -2.34. The van der Waals surface area contributed by atoms with Crippen LogP contribution in [0.3, 0.4) is 0 Å². The normalized spacial score (nSPS) is 17.2. The molecule has 25 heavy (non-hydrogen) atoms. The molecule has 1 aromatic heterocycles. The van der Waals surface area contributed by atoms with Gasteiger partial charge < -0.3 is 20.0 Å². The lowest BCUT2D eigenvalue weighted by Crippen LogP contribution is -2.52. The fraction of sp³-hybridized carbons (Fsp3) is 0.533. The van der Waals surface area contributed by atoms with Crippen molar-refractivity contribution in [1.82, 2.24) is 15.2 Å². The van der Waals surface area contributed by atoms with Gasteiger partial charge in [-0.25, -0.2) is 4.57 Å². The fourth-order valence-electron chi connectivity index (χ4n) is 2.86. The zero-order valence-electron chi connectivity index (χ0n) is 13.9. The number of carbonyl (C=O) groups is 2. The van der Waals surface area contributed by atoms with Crippen LogP contribution in [0, 0.1) is 0 Å². The number of hydrogen-bond acceptors (Lipinski definition) is 5. The first-order chi connectivity index (χ1) is 11.8. The highest BCUT2D eigenvalue weighted by molar-refractivity contribution is 7.46. The summed E-state index contributed by atoms with van der Waals surface area (Å²) in [7, 11) is -4.72. The summed E-state index contributed by atoms with van der Waals surface area (Å²) in [6.07, 6.45) is 5.03. The van der Waals surface area contributed by atoms with E-state index in [0.717, 1.165) is 18.4 Å². The second-order valence-corrected chi connectivity index (χ2v) is 7.16. The van der Waals surface area contributed by atoms with E-state index in [0.29, 0.717) is 19.0 Å². The summed E-state index contributed by atoms with van der Waals surface area (Å²) >= 11 is 0. The van der Waals surface area contributed by atoms with Gasteiger partial charge in [0, 0.05) is 32.4 Å². The molecular formula is C15H22N3O6P. The Kier molecular flexibility index (Phi) is 6.66. The van der Waals surface area contributed by atoms with Gasteiger partial charge >= 0.3 is 7.82 Å². The second-order valence-electron chi connectivity index (χ2n) is 5.93. The molecule has 0 saturated carbocycles. The maximum absolute atomic E-state index is 12.6. The summed E-state index contributed by atoms with van der Waals surface area (Å²) in [5, 5.41) is 2.38. The molecule has 0 unspecified atom stereocenters. The Morgan fingerprint density at radius 1 is 1.44 bits per heavy atom. The standard InChI is InChI=1S/C15H22N3O6P/c1-11(19)17-14(10-24-25(21,22)23)15(20)18-7-4-12(5-8-18)13-3-2-6-16-9-13/h2-3,6,9,12,14H,4-5,7-8,10H2,1H3,(H,17,19)(H2,21,22,23)/t14-/m0/s1. The van der Waals surface area contributed by atoms with Gasteiger partial charge in [0.1, 0.15) is 6.04 Å². The highest BCUT2D eigenvalue weighted by Gasteiger charge is 2.31. The molecule has 1 fully saturated rings. The molecule has 2 amide bonds. The summed E-state index contributed by atoms with van der Waals surface area (Å²) in [5.74, 6) is -0.575. The molecule has 0 radical (unpaired) electrons. The van der Waals surface area contributed by atoms with Crippen LogP contribution in [0.1, 0.15) is 31.2 Å². The van der Waals surface area contributed by atoms with Crippen molar-refractivity contribution < 1.29 is 28.5 Å². The number of carbonyl (C=O) groups excluding carboxylic acids is 2. The van der Waals surface area contributed by atoms with Gasteiger partial charge in [-0.3, -0.25) is 19.1 Å². The van der Waals surface area contributed by atoms with Crippen molar-refractivity contribution in [2.24, 2.45) is 0 Å². The fourth-order valence-corrected chi connectivity index (χ4v) is 3.21. The molecule has 1 aliphatic heterocycles. The minimum Gasteiger partial charge on any atom is -0.343 e. The Bertz CT molecular complexity index is 642. The van der Waals surface area contributed by atoms with Crippen molar-refractivity contribution in [3.05, 3.63) is 30.1 Å². The van der Waals surface area contributed by atoms with Gasteiger partial charge in [0.15, 0.2) is 0 Å². The van der Waals surface area contributed by atoms with E-state index in [1.807, 2.05) is 18.3 Å². The van der Waals surface area contributed by atoms with E-state index in [9.17, 15) is 14.2 Å². The molecule has 1 aliphatic rings. The van der Waals surface area contributed by atoms with E-state index < -0.39 is 32.3 Å². The summed E-state index contributed by atoms with van der Waals surface area (Å²) in [6.45, 7) is 1.63. The summed E-state index contributed by atoms with van der Waals surface area (Å²) in [6, 6.07) is 2.75. The number of likely N-dealkylation sites (tertiary alicyclic amines) is 1. The van der Waals surface area contributed by atoms with Crippen molar-refractivity contribution in [3.63, 3.8) is 0 Å². The lowest BCUT2D eigenvalue weighted by atomic mass is 9.90. The molecule has 9 nitrogen and oxygen atoms in total. The van der Waals surface area contributed by atoms with E-state index in [1.165, 1.54) is 6.92 Å². The molecule has 0 bridgehead atoms. The van der Waals surface area contributed by atoms with Crippen LogP contribution in [0.2, 0.25) is 0 Å². The SMILES string of the molecule is CC(=O)N[C@@H](COP(=O)(O)O)C(=O)N1CCC(c2cccnc2)CC1. The summed E-state index contributed by atoms with van der Waals surface area (Å²) in [4.78, 5) is 47.1. The zero-order chi connectivity index (χ0) is 18.4. The number of nitrogens with one attached hydrogen (secondary N) is 1. The Morgan fingerprint density at radius 2 is 2.12 bits per heavy atom. The maximum Gasteiger partial charge on any atom is 0.469 e. The number of aromatic nitrogens is 1. The molecule has 2 heterocycles. The number of pyridine rings is 1. The molecule has 1 atom stereocenters. The van der Waals surface area contributed by atoms with Gasteiger partial charge in [-0.1, -0.05) is 6.07 Å². The van der Waals surface area contributed by atoms with Crippen LogP contribution in [-0.2, 0) is 18.7 Å². The van der Waals surface area contributed by atoms with Crippen molar-refractivity contribution in [2.45, 2.75) is 31.7 Å². The van der Waals surface area contributed by atoms with Crippen LogP contribution in [0.5, 0.6) is 0 Å². The lowest BCUT2D eigenvalue weighted by molar-refractivity contribution is -0.138. The van der Waals surface area contributed by atoms with Gasteiger partial charge in [0.2, 0.25) is 11.8 Å². The third-order valence-corrected chi connectivity index (χ3v) is 4.53. The maximum atomic E-state index is 12.6. The first-order valence-corrected chi connectivity index (χ1v) is 9.45. The third kappa shape index (κ3) is 6.21. The molecule has 3 N–H and O–H groups in total. The van der Waals surface area contributed by atoms with Crippen LogP contribution < -0.4 is 5.32 Å². The van der Waals surface area contributed by atoms with Crippen molar-refractivity contribution in [2.75, 3.05) is 19.7 Å². The number of piperidine rings is 1.